The van der Waals surface area contributed by atoms with Crippen molar-refractivity contribution in [2.24, 2.45) is 0 Å². The minimum absolute atomic E-state index is 0.0160. The van der Waals surface area contributed by atoms with E-state index < -0.39 is 16.1 Å². The van der Waals surface area contributed by atoms with Gasteiger partial charge in [0.05, 0.1) is 28.6 Å². The summed E-state index contributed by atoms with van der Waals surface area (Å²) < 4.78 is 45.0. The van der Waals surface area contributed by atoms with E-state index in [-0.39, 0.29) is 34.5 Å². The Hall–Kier alpha value is -4.50. The summed E-state index contributed by atoms with van der Waals surface area (Å²) in [6, 6.07) is 23.5. The van der Waals surface area contributed by atoms with Gasteiger partial charge in [0.1, 0.15) is 11.5 Å². The average Bonchev–Trinajstić information content (AvgIpc) is 3.25. The molecule has 1 atom stereocenters. The van der Waals surface area contributed by atoms with Gasteiger partial charge in [0.25, 0.3) is 15.9 Å². The summed E-state index contributed by atoms with van der Waals surface area (Å²) in [6.45, 7) is 30.7. The Kier molecular flexibility index (Phi) is 18.8. The number of sulfonamides is 1. The number of unbranched alkanes of at least 4 members (excludes halogenated alkanes) is 4. The Balaban J connectivity index is 1.78. The molecule has 0 saturated heterocycles. The molecule has 3 N–H and O–H groups in total. The summed E-state index contributed by atoms with van der Waals surface area (Å²) in [7, 11) is -4.07. The molecule has 0 saturated carbocycles. The van der Waals surface area contributed by atoms with Crippen molar-refractivity contribution < 1.29 is 22.7 Å². The molecule has 64 heavy (non-hydrogen) atoms. The molecule has 9 heteroatoms. The number of benzene rings is 4. The molecule has 0 bridgehead atoms. The van der Waals surface area contributed by atoms with Gasteiger partial charge in [0, 0.05) is 11.3 Å². The van der Waals surface area contributed by atoms with Crippen molar-refractivity contribution in [1.82, 2.24) is 0 Å². The van der Waals surface area contributed by atoms with E-state index in [4.69, 9.17) is 9.47 Å². The molecule has 0 aliphatic heterocycles. The summed E-state index contributed by atoms with van der Waals surface area (Å²) >= 11 is 0. The molecule has 0 fully saturated rings. The smallest absolute Gasteiger partial charge is 0.265 e. The van der Waals surface area contributed by atoms with E-state index in [1.165, 1.54) is 18.4 Å². The van der Waals surface area contributed by atoms with E-state index >= 15 is 0 Å². The maximum atomic E-state index is 14.7. The van der Waals surface area contributed by atoms with Gasteiger partial charge >= 0.3 is 0 Å². The highest BCUT2D eigenvalue weighted by Crippen LogP contribution is 2.41. The lowest BCUT2D eigenvalue weighted by molar-refractivity contribution is -0.123. The third-order valence-corrected chi connectivity index (χ3v) is 14.4. The molecule has 4 rings (SSSR count). The predicted octanol–water partition coefficient (Wildman–Crippen LogP) is 15.5. The van der Waals surface area contributed by atoms with Crippen molar-refractivity contribution in [3.63, 3.8) is 0 Å². The number of nitrogens with one attached hydrogen (secondary N) is 3. The second-order valence-electron chi connectivity index (χ2n) is 19.8. The molecule has 352 valence electrons. The van der Waals surface area contributed by atoms with Gasteiger partial charge in [-0.25, -0.2) is 8.42 Å². The maximum absolute atomic E-state index is 14.7. The number of carbonyl (C=O) groups is 1. The molecule has 0 spiro atoms. The molecule has 0 radical (unpaired) electrons. The molecular weight excluding hydrogens is 815 g/mol. The molecular formula is C55H81N3O5S. The summed E-state index contributed by atoms with van der Waals surface area (Å²) in [6.07, 6.45) is 7.80. The Bertz CT molecular complexity index is 2210. The van der Waals surface area contributed by atoms with Gasteiger partial charge in [0.2, 0.25) is 0 Å². The number of hydrogen-bond donors (Lipinski definition) is 3. The Morgan fingerprint density at radius 1 is 0.656 bits per heavy atom. The highest BCUT2D eigenvalue weighted by molar-refractivity contribution is 7.92. The SMILES string of the molecule is CCCCCCOc1ccc(Nc2ccc(NS(=O)(=O)c3c(C(C)C)cc(C(C)C)cc3C(C)C)cc2NC(=O)C(CCCC)Oc2ccc(C(C)(C)CC)cc2C(C)(C)CC)cc1. The summed E-state index contributed by atoms with van der Waals surface area (Å²) in [5, 5.41) is 6.67. The number of hydrogen-bond acceptors (Lipinski definition) is 6. The third kappa shape index (κ3) is 13.8. The minimum atomic E-state index is -4.07. The lowest BCUT2D eigenvalue weighted by Gasteiger charge is -2.31. The summed E-state index contributed by atoms with van der Waals surface area (Å²) in [5.74, 6) is 1.37. The van der Waals surface area contributed by atoms with Gasteiger partial charge in [-0.05, 0) is 131 Å². The van der Waals surface area contributed by atoms with Gasteiger partial charge in [-0.3, -0.25) is 9.52 Å². The first-order valence-corrected chi connectivity index (χ1v) is 25.6. The first-order valence-electron chi connectivity index (χ1n) is 24.1. The summed E-state index contributed by atoms with van der Waals surface area (Å²) in [5.41, 5.74) is 6.94. The highest BCUT2D eigenvalue weighted by Gasteiger charge is 2.31. The Morgan fingerprint density at radius 3 is 1.83 bits per heavy atom. The van der Waals surface area contributed by atoms with Crippen LogP contribution in [0.3, 0.4) is 0 Å². The normalized spacial score (nSPS) is 12.8. The van der Waals surface area contributed by atoms with Crippen LogP contribution in [0.5, 0.6) is 11.5 Å². The number of amides is 1. The molecule has 0 aliphatic carbocycles. The molecule has 1 unspecified atom stereocenters. The number of ether oxygens (including phenoxy) is 2. The zero-order valence-electron chi connectivity index (χ0n) is 41.8. The van der Waals surface area contributed by atoms with Gasteiger partial charge in [-0.2, -0.15) is 0 Å². The molecule has 0 heterocycles. The predicted molar refractivity (Wildman–Crippen MR) is 271 cm³/mol. The molecule has 1 amide bonds. The highest BCUT2D eigenvalue weighted by atomic mass is 32.2. The molecule has 4 aromatic rings. The quantitative estimate of drug-likeness (QED) is 0.0572. The van der Waals surface area contributed by atoms with Crippen molar-refractivity contribution >= 4 is 38.7 Å². The van der Waals surface area contributed by atoms with Crippen LogP contribution in [-0.2, 0) is 25.6 Å². The fourth-order valence-electron chi connectivity index (χ4n) is 7.71. The van der Waals surface area contributed by atoms with Crippen molar-refractivity contribution in [1.29, 1.82) is 0 Å². The molecule has 8 nitrogen and oxygen atoms in total. The van der Waals surface area contributed by atoms with Crippen LogP contribution in [0, 0.1) is 0 Å². The van der Waals surface area contributed by atoms with E-state index in [2.05, 4.69) is 96.7 Å². The van der Waals surface area contributed by atoms with E-state index in [0.29, 0.717) is 40.7 Å². The molecule has 0 aliphatic rings. The van der Waals surface area contributed by atoms with Crippen LogP contribution in [0.25, 0.3) is 0 Å². The van der Waals surface area contributed by atoms with Gasteiger partial charge in [0.15, 0.2) is 6.10 Å². The fraction of sp³-hybridized carbons (Fsp3) is 0.545. The average molecular weight is 896 g/mol. The Labute approximate surface area is 388 Å². The van der Waals surface area contributed by atoms with Crippen molar-refractivity contribution in [2.45, 2.75) is 194 Å². The molecule has 0 aromatic heterocycles. The Morgan fingerprint density at radius 2 is 1.27 bits per heavy atom. The lowest BCUT2D eigenvalue weighted by Crippen LogP contribution is -2.34. The largest absolute Gasteiger partial charge is 0.494 e. The zero-order valence-corrected chi connectivity index (χ0v) is 42.6. The van der Waals surface area contributed by atoms with E-state index in [1.807, 2.05) is 70.2 Å². The van der Waals surface area contributed by atoms with Crippen LogP contribution in [0.15, 0.2) is 77.7 Å². The van der Waals surface area contributed by atoms with Crippen LogP contribution in [-0.4, -0.2) is 27.0 Å². The topological polar surface area (TPSA) is 106 Å². The number of carbonyl (C=O) groups excluding carboxylic acids is 1. The first-order chi connectivity index (χ1) is 30.2. The van der Waals surface area contributed by atoms with E-state index in [9.17, 15) is 13.2 Å². The van der Waals surface area contributed by atoms with Crippen LogP contribution in [0.2, 0.25) is 0 Å². The summed E-state index contributed by atoms with van der Waals surface area (Å²) in [4.78, 5) is 15.0. The van der Waals surface area contributed by atoms with Gasteiger partial charge in [-0.1, -0.05) is 147 Å². The van der Waals surface area contributed by atoms with Crippen LogP contribution < -0.4 is 24.8 Å². The van der Waals surface area contributed by atoms with Crippen LogP contribution in [0.1, 0.15) is 200 Å². The number of rotatable bonds is 25. The second kappa shape index (κ2) is 23.1. The maximum Gasteiger partial charge on any atom is 0.265 e. The molecule has 4 aromatic carbocycles. The van der Waals surface area contributed by atoms with Crippen molar-refractivity contribution in [3.05, 3.63) is 101 Å². The van der Waals surface area contributed by atoms with E-state index in [0.717, 1.165) is 72.2 Å². The van der Waals surface area contributed by atoms with Crippen molar-refractivity contribution in [2.75, 3.05) is 22.0 Å². The lowest BCUT2D eigenvalue weighted by atomic mass is 9.76. The monoisotopic (exact) mass is 896 g/mol. The van der Waals surface area contributed by atoms with E-state index in [1.54, 1.807) is 18.2 Å². The van der Waals surface area contributed by atoms with Gasteiger partial charge in [-0.15, -0.1) is 0 Å². The third-order valence-electron chi connectivity index (χ3n) is 12.9. The minimum Gasteiger partial charge on any atom is -0.494 e. The fourth-order valence-corrected chi connectivity index (χ4v) is 9.46. The van der Waals surface area contributed by atoms with Crippen molar-refractivity contribution in [3.8, 4) is 11.5 Å². The zero-order chi connectivity index (χ0) is 47.4. The van der Waals surface area contributed by atoms with Crippen LogP contribution >= 0.6 is 0 Å². The van der Waals surface area contributed by atoms with Gasteiger partial charge < -0.3 is 20.1 Å². The second-order valence-corrected chi connectivity index (χ2v) is 21.5. The standard InChI is InChI=1S/C55H81N3O5S/c1-15-19-21-22-32-62-44-28-25-42(26-29-44)56-48-30-27-43(58-64(60,61)52-45(38(7)8)33-40(37(5)6)34-46(52)39(9)10)36-49(48)57-53(59)51(23-20-16-2)63-50-31-24-41(54(11,12)17-3)35-47(50)55(13,14)18-4/h24-31,33-39,51,56,58H,15-23,32H2,1-14H3,(H,57,59). The number of anilines is 4. The first kappa shape index (κ1) is 52.1. The van der Waals surface area contributed by atoms with Crippen LogP contribution in [0.4, 0.5) is 22.7 Å².